The van der Waals surface area contributed by atoms with Crippen molar-refractivity contribution < 1.29 is 24.2 Å². The zero-order chi connectivity index (χ0) is 21.0. The van der Waals surface area contributed by atoms with E-state index in [0.29, 0.717) is 5.82 Å². The first-order valence-corrected chi connectivity index (χ1v) is 9.61. The second kappa shape index (κ2) is 8.46. The molecule has 0 radical (unpaired) electrons. The molecule has 8 nitrogen and oxygen atoms in total. The largest absolute Gasteiger partial charge is 0.483 e. The van der Waals surface area contributed by atoms with Crippen molar-refractivity contribution >= 4 is 24.2 Å². The van der Waals surface area contributed by atoms with Crippen LogP contribution in [0.25, 0.3) is 11.3 Å². The van der Waals surface area contributed by atoms with Gasteiger partial charge in [0.2, 0.25) is 5.91 Å². The molecule has 8 heteroatoms. The van der Waals surface area contributed by atoms with Crippen LogP contribution in [0.2, 0.25) is 0 Å². The zero-order valence-electron chi connectivity index (χ0n) is 16.6. The van der Waals surface area contributed by atoms with Gasteiger partial charge in [-0.25, -0.2) is 4.98 Å². The number of nitrogens with one attached hydrogen (secondary N) is 1. The van der Waals surface area contributed by atoms with Gasteiger partial charge in [0, 0.05) is 12.6 Å². The van der Waals surface area contributed by atoms with Crippen molar-refractivity contribution in [3.8, 4) is 11.3 Å². The molecule has 1 saturated heterocycles. The summed E-state index contributed by atoms with van der Waals surface area (Å²) in [6, 6.07) is 9.78. The predicted octanol–water partition coefficient (Wildman–Crippen LogP) is 2.91. The molecule has 4 rings (SSSR count). The number of aromatic nitrogens is 2. The molecule has 2 aliphatic rings. The lowest BCUT2D eigenvalue weighted by atomic mass is 9.85. The van der Waals surface area contributed by atoms with E-state index in [0.717, 1.165) is 42.8 Å². The lowest BCUT2D eigenvalue weighted by molar-refractivity contribution is -0.149. The number of carboxylic acid groups (broad SMARTS) is 1. The molecule has 2 N–H and O–H groups in total. The molecule has 2 heterocycles. The maximum atomic E-state index is 13.1. The maximum absolute atomic E-state index is 13.1. The summed E-state index contributed by atoms with van der Waals surface area (Å²) in [4.78, 5) is 38.0. The Hall–Kier alpha value is -3.16. The van der Waals surface area contributed by atoms with E-state index in [4.69, 9.17) is 14.6 Å². The molecule has 154 valence electrons. The number of carbonyl (C=O) groups excluding carboxylic acids is 2. The Morgan fingerprint density at radius 1 is 1.31 bits per heavy atom. The second-order valence-electron chi connectivity index (χ2n) is 7.38. The minimum atomic E-state index is -0.609. The lowest BCUT2D eigenvalue weighted by Crippen LogP contribution is -2.40. The first-order valence-electron chi connectivity index (χ1n) is 9.61. The number of carbonyl (C=O) groups is 3. The van der Waals surface area contributed by atoms with Crippen LogP contribution in [0.4, 0.5) is 5.82 Å². The topological polar surface area (TPSA) is 111 Å². The fourth-order valence-electron chi connectivity index (χ4n) is 4.20. The first-order chi connectivity index (χ1) is 13.9. The van der Waals surface area contributed by atoms with Crippen LogP contribution < -0.4 is 5.32 Å². The summed E-state index contributed by atoms with van der Waals surface area (Å²) in [5, 5.41) is 9.93. The van der Waals surface area contributed by atoms with E-state index in [1.54, 1.807) is 0 Å². The van der Waals surface area contributed by atoms with Crippen molar-refractivity contribution in [1.29, 1.82) is 0 Å². The molecular formula is C21H25N3O5. The van der Waals surface area contributed by atoms with E-state index in [-0.39, 0.29) is 24.8 Å². The maximum Gasteiger partial charge on any atom is 0.307 e. The van der Waals surface area contributed by atoms with Crippen molar-refractivity contribution in [3.05, 3.63) is 36.2 Å². The summed E-state index contributed by atoms with van der Waals surface area (Å²) in [5.74, 6) is 0.616. The number of amides is 1. The third kappa shape index (κ3) is 4.01. The van der Waals surface area contributed by atoms with Crippen LogP contribution in [0, 0.1) is 12.8 Å². The Morgan fingerprint density at radius 3 is 2.55 bits per heavy atom. The number of aryl methyl sites for hydroxylation is 1. The average Bonchev–Trinajstić information content (AvgIpc) is 3.38. The van der Waals surface area contributed by atoms with Gasteiger partial charge in [-0.2, -0.15) is 0 Å². The van der Waals surface area contributed by atoms with Gasteiger partial charge in [-0.05, 0) is 32.6 Å². The number of nitrogens with zero attached hydrogens (tertiary/aromatic N) is 2. The Kier molecular flexibility index (Phi) is 6.00. The monoisotopic (exact) mass is 399 g/mol. The highest BCUT2D eigenvalue weighted by Gasteiger charge is 2.54. The molecule has 1 aromatic carbocycles. The summed E-state index contributed by atoms with van der Waals surface area (Å²) in [6.45, 7) is 1.66. The summed E-state index contributed by atoms with van der Waals surface area (Å²) < 4.78 is 7.48. The van der Waals surface area contributed by atoms with Gasteiger partial charge in [-0.3, -0.25) is 14.4 Å². The highest BCUT2D eigenvalue weighted by Crippen LogP contribution is 2.46. The van der Waals surface area contributed by atoms with Crippen LogP contribution in [0.1, 0.15) is 37.9 Å². The molecule has 2 fully saturated rings. The van der Waals surface area contributed by atoms with Crippen LogP contribution in [0.15, 0.2) is 30.3 Å². The van der Waals surface area contributed by atoms with Crippen LogP contribution in [-0.2, 0) is 26.2 Å². The molecule has 1 aliphatic carbocycles. The van der Waals surface area contributed by atoms with Gasteiger partial charge in [0.15, 0.2) is 0 Å². The fraction of sp³-hybridized carbons (Fsp3) is 0.429. The molecule has 1 atom stereocenters. The van der Waals surface area contributed by atoms with Gasteiger partial charge in [0.1, 0.15) is 22.9 Å². The number of hydrogen-bond acceptors (Lipinski definition) is 5. The number of benzene rings is 1. The first kappa shape index (κ1) is 20.6. The van der Waals surface area contributed by atoms with Crippen LogP contribution >= 0.6 is 0 Å². The van der Waals surface area contributed by atoms with Gasteiger partial charge in [0.25, 0.3) is 6.47 Å². The third-order valence-corrected chi connectivity index (χ3v) is 5.70. The Bertz CT molecular complexity index is 901. The highest BCUT2D eigenvalue weighted by molar-refractivity contribution is 5.98. The van der Waals surface area contributed by atoms with E-state index in [9.17, 15) is 9.59 Å². The van der Waals surface area contributed by atoms with Crippen molar-refractivity contribution in [2.45, 2.75) is 44.6 Å². The third-order valence-electron chi connectivity index (χ3n) is 5.70. The van der Waals surface area contributed by atoms with Crippen molar-refractivity contribution in [2.75, 3.05) is 5.32 Å². The van der Waals surface area contributed by atoms with Crippen LogP contribution in [0.5, 0.6) is 0 Å². The fourth-order valence-corrected chi connectivity index (χ4v) is 4.20. The Labute approximate surface area is 168 Å². The normalized spacial score (nSPS) is 19.4. The summed E-state index contributed by atoms with van der Waals surface area (Å²) in [5.41, 5.74) is 1.08. The van der Waals surface area contributed by atoms with Crippen LogP contribution in [-0.4, -0.2) is 38.6 Å². The van der Waals surface area contributed by atoms with E-state index < -0.39 is 11.5 Å². The number of anilines is 1. The molecule has 1 aromatic heterocycles. The van der Waals surface area contributed by atoms with Gasteiger partial charge in [-0.15, -0.1) is 0 Å². The predicted molar refractivity (Wildman–Crippen MR) is 106 cm³/mol. The second-order valence-corrected chi connectivity index (χ2v) is 7.38. The zero-order valence-corrected chi connectivity index (χ0v) is 16.6. The van der Waals surface area contributed by atoms with E-state index in [2.05, 4.69) is 10.3 Å². The highest BCUT2D eigenvalue weighted by atomic mass is 16.6. The molecule has 29 heavy (non-hydrogen) atoms. The molecule has 1 unspecified atom stereocenters. The number of ether oxygens (including phenoxy) is 1. The summed E-state index contributed by atoms with van der Waals surface area (Å²) in [6.07, 6.45) is 3.69. The molecule has 1 amide bonds. The standard InChI is InChI=1S/C20H23N3O3.CH2O2/c1-13-21-17(14-8-4-3-5-9-14)18(23(13)2)22-19(25)15-12-16(24)26-20(15)10-6-7-11-20;2-1-3/h3-5,8-9,15H,6-7,10-12H2,1-2H3,(H,22,25);1H,(H,2,3). The smallest absolute Gasteiger partial charge is 0.307 e. The number of esters is 1. The van der Waals surface area contributed by atoms with Gasteiger partial charge < -0.3 is 19.7 Å². The molecule has 1 saturated carbocycles. The molecule has 2 aromatic rings. The average molecular weight is 399 g/mol. The Morgan fingerprint density at radius 2 is 1.93 bits per heavy atom. The van der Waals surface area contributed by atoms with Gasteiger partial charge in [-0.1, -0.05) is 30.3 Å². The minimum Gasteiger partial charge on any atom is -0.483 e. The summed E-state index contributed by atoms with van der Waals surface area (Å²) in [7, 11) is 1.88. The molecule has 1 spiro atoms. The van der Waals surface area contributed by atoms with Gasteiger partial charge in [0.05, 0.1) is 12.3 Å². The van der Waals surface area contributed by atoms with E-state index in [1.807, 2.05) is 48.9 Å². The quantitative estimate of drug-likeness (QED) is 0.606. The summed E-state index contributed by atoms with van der Waals surface area (Å²) >= 11 is 0. The van der Waals surface area contributed by atoms with Gasteiger partial charge >= 0.3 is 5.97 Å². The van der Waals surface area contributed by atoms with Crippen molar-refractivity contribution in [2.24, 2.45) is 13.0 Å². The van der Waals surface area contributed by atoms with Crippen LogP contribution in [0.3, 0.4) is 0 Å². The van der Waals surface area contributed by atoms with Crippen molar-refractivity contribution in [3.63, 3.8) is 0 Å². The number of imidazole rings is 1. The van der Waals surface area contributed by atoms with E-state index >= 15 is 0 Å². The SMILES string of the molecule is Cc1nc(-c2ccccc2)c(NC(=O)C2CC(=O)OC23CCCC3)n1C.O=CO. The van der Waals surface area contributed by atoms with E-state index in [1.165, 1.54) is 0 Å². The number of rotatable bonds is 3. The molecular weight excluding hydrogens is 374 g/mol. The lowest BCUT2D eigenvalue weighted by Gasteiger charge is -2.28. The number of hydrogen-bond donors (Lipinski definition) is 2. The molecule has 0 bridgehead atoms. The van der Waals surface area contributed by atoms with Crippen molar-refractivity contribution in [1.82, 2.24) is 9.55 Å². The minimum absolute atomic E-state index is 0.155. The molecule has 1 aliphatic heterocycles. The Balaban J connectivity index is 0.000000755.